The van der Waals surface area contributed by atoms with Crippen LogP contribution < -0.4 is 25.6 Å². The Morgan fingerprint density at radius 1 is 1.27 bits per heavy atom. The number of hydrazine groups is 1. The van der Waals surface area contributed by atoms with Crippen LogP contribution in [0.4, 0.5) is 0 Å². The van der Waals surface area contributed by atoms with Crippen LogP contribution >= 0.6 is 12.2 Å². The van der Waals surface area contributed by atoms with Crippen LogP contribution in [0.3, 0.4) is 0 Å². The number of benzene rings is 1. The third kappa shape index (κ3) is 5.77. The van der Waals surface area contributed by atoms with Crippen molar-refractivity contribution in [1.29, 1.82) is 0 Å². The van der Waals surface area contributed by atoms with Gasteiger partial charge < -0.3 is 14.8 Å². The van der Waals surface area contributed by atoms with Crippen molar-refractivity contribution in [2.24, 2.45) is 0 Å². The molecule has 0 bridgehead atoms. The first-order chi connectivity index (χ1) is 10.5. The van der Waals surface area contributed by atoms with Gasteiger partial charge in [0.15, 0.2) is 16.6 Å². The smallest absolute Gasteiger partial charge is 0.269 e. The predicted octanol–water partition coefficient (Wildman–Crippen LogP) is 2.00. The Labute approximate surface area is 136 Å². The maximum atomic E-state index is 12.1. The van der Waals surface area contributed by atoms with Crippen molar-refractivity contribution in [1.82, 2.24) is 16.2 Å². The number of nitrogens with one attached hydrogen (secondary N) is 3. The van der Waals surface area contributed by atoms with Gasteiger partial charge in [-0.2, -0.15) is 0 Å². The molecule has 1 amide bonds. The van der Waals surface area contributed by atoms with E-state index in [-0.39, 0.29) is 12.0 Å². The molecule has 0 spiro atoms. The standard InChI is InChI=1S/C15H23N3O3S/c1-5-8-16-15(22)18-17-14(19)11-6-7-12(21-10(2)3)13(9-11)20-4/h6-7,9-10H,5,8H2,1-4H3,(H,17,19)(H2,16,18,22). The monoisotopic (exact) mass is 325 g/mol. The minimum Gasteiger partial charge on any atom is -0.493 e. The maximum Gasteiger partial charge on any atom is 0.269 e. The molecule has 0 aliphatic rings. The molecule has 1 aromatic rings. The summed E-state index contributed by atoms with van der Waals surface area (Å²) >= 11 is 5.02. The Morgan fingerprint density at radius 3 is 2.59 bits per heavy atom. The van der Waals surface area contributed by atoms with Crippen molar-refractivity contribution in [2.45, 2.75) is 33.3 Å². The summed E-state index contributed by atoms with van der Waals surface area (Å²) in [5.74, 6) is 0.797. The number of ether oxygens (including phenoxy) is 2. The molecule has 0 saturated heterocycles. The fourth-order valence-corrected chi connectivity index (χ4v) is 1.78. The average molecular weight is 325 g/mol. The number of carbonyl (C=O) groups excluding carboxylic acids is 1. The summed E-state index contributed by atoms with van der Waals surface area (Å²) in [6.07, 6.45) is 0.974. The Bertz CT molecular complexity index is 521. The Kier molecular flexibility index (Phi) is 7.45. The van der Waals surface area contributed by atoms with Crippen molar-refractivity contribution >= 4 is 23.2 Å². The van der Waals surface area contributed by atoms with E-state index in [1.807, 2.05) is 20.8 Å². The lowest BCUT2D eigenvalue weighted by molar-refractivity contribution is 0.0943. The number of hydrogen-bond acceptors (Lipinski definition) is 4. The summed E-state index contributed by atoms with van der Waals surface area (Å²) in [5, 5.41) is 3.33. The molecule has 6 nitrogen and oxygen atoms in total. The van der Waals surface area contributed by atoms with E-state index in [9.17, 15) is 4.79 Å². The molecule has 0 aliphatic heterocycles. The highest BCUT2D eigenvalue weighted by atomic mass is 32.1. The zero-order valence-electron chi connectivity index (χ0n) is 13.4. The summed E-state index contributed by atoms with van der Waals surface area (Å²) < 4.78 is 10.9. The van der Waals surface area contributed by atoms with E-state index < -0.39 is 0 Å². The van der Waals surface area contributed by atoms with Gasteiger partial charge in [-0.25, -0.2) is 0 Å². The summed E-state index contributed by atoms with van der Waals surface area (Å²) in [7, 11) is 1.53. The Hall–Kier alpha value is -2.02. The van der Waals surface area contributed by atoms with Gasteiger partial charge >= 0.3 is 0 Å². The molecular weight excluding hydrogens is 302 g/mol. The number of rotatable bonds is 6. The molecule has 7 heteroatoms. The van der Waals surface area contributed by atoms with Crippen LogP contribution in [-0.4, -0.2) is 30.8 Å². The number of amides is 1. The highest BCUT2D eigenvalue weighted by Gasteiger charge is 2.12. The van der Waals surface area contributed by atoms with Crippen LogP contribution in [0.15, 0.2) is 18.2 Å². The molecular formula is C15H23N3O3S. The molecule has 0 fully saturated rings. The fraction of sp³-hybridized carbons (Fsp3) is 0.467. The molecule has 1 rings (SSSR count). The predicted molar refractivity (Wildman–Crippen MR) is 90.3 cm³/mol. The minimum absolute atomic E-state index is 0.0252. The van der Waals surface area contributed by atoms with E-state index in [2.05, 4.69) is 16.2 Å². The van der Waals surface area contributed by atoms with E-state index in [4.69, 9.17) is 21.7 Å². The zero-order valence-corrected chi connectivity index (χ0v) is 14.2. The fourth-order valence-electron chi connectivity index (χ4n) is 1.63. The molecule has 0 radical (unpaired) electrons. The summed E-state index contributed by atoms with van der Waals surface area (Å²) in [6, 6.07) is 5.00. The summed E-state index contributed by atoms with van der Waals surface area (Å²) in [4.78, 5) is 12.1. The van der Waals surface area contributed by atoms with Gasteiger partial charge in [0.1, 0.15) is 0 Å². The van der Waals surface area contributed by atoms with E-state index in [0.29, 0.717) is 22.2 Å². The molecule has 0 saturated carbocycles. The second-order valence-corrected chi connectivity index (χ2v) is 5.28. The maximum absolute atomic E-state index is 12.1. The first kappa shape index (κ1) is 18.0. The van der Waals surface area contributed by atoms with Crippen LogP contribution in [0.5, 0.6) is 11.5 Å². The first-order valence-electron chi connectivity index (χ1n) is 7.16. The van der Waals surface area contributed by atoms with Crippen LogP contribution in [0.1, 0.15) is 37.6 Å². The molecule has 3 N–H and O–H groups in total. The van der Waals surface area contributed by atoms with Gasteiger partial charge in [0.2, 0.25) is 0 Å². The van der Waals surface area contributed by atoms with E-state index in [1.165, 1.54) is 7.11 Å². The number of hydrogen-bond donors (Lipinski definition) is 3. The largest absolute Gasteiger partial charge is 0.493 e. The van der Waals surface area contributed by atoms with Gasteiger partial charge in [0.05, 0.1) is 13.2 Å². The number of methoxy groups -OCH3 is 1. The van der Waals surface area contributed by atoms with Crippen LogP contribution in [0.2, 0.25) is 0 Å². The summed E-state index contributed by atoms with van der Waals surface area (Å²) in [5.41, 5.74) is 5.62. The highest BCUT2D eigenvalue weighted by molar-refractivity contribution is 7.80. The van der Waals surface area contributed by atoms with Crippen LogP contribution in [0.25, 0.3) is 0 Å². The van der Waals surface area contributed by atoms with Crippen molar-refractivity contribution in [3.63, 3.8) is 0 Å². The van der Waals surface area contributed by atoms with Gasteiger partial charge in [-0.3, -0.25) is 15.6 Å². The molecule has 1 aromatic carbocycles. The molecule has 0 unspecified atom stereocenters. The number of carbonyl (C=O) groups is 1. The van der Waals surface area contributed by atoms with Crippen molar-refractivity contribution in [3.05, 3.63) is 23.8 Å². The number of thiocarbonyl (C=S) groups is 1. The molecule has 0 heterocycles. The molecule has 0 atom stereocenters. The van der Waals surface area contributed by atoms with Gasteiger partial charge in [-0.05, 0) is 50.7 Å². The highest BCUT2D eigenvalue weighted by Crippen LogP contribution is 2.28. The molecule has 22 heavy (non-hydrogen) atoms. The SMILES string of the molecule is CCCNC(=S)NNC(=O)c1ccc(OC(C)C)c(OC)c1. The second-order valence-electron chi connectivity index (χ2n) is 4.87. The topological polar surface area (TPSA) is 71.6 Å². The third-order valence-electron chi connectivity index (χ3n) is 2.61. The van der Waals surface area contributed by atoms with Gasteiger partial charge in [-0.15, -0.1) is 0 Å². The van der Waals surface area contributed by atoms with Crippen LogP contribution in [-0.2, 0) is 0 Å². The van der Waals surface area contributed by atoms with Crippen molar-refractivity contribution in [2.75, 3.05) is 13.7 Å². The summed E-state index contributed by atoms with van der Waals surface area (Å²) in [6.45, 7) is 6.63. The Balaban J connectivity index is 2.67. The molecule has 0 aromatic heterocycles. The molecule has 0 aliphatic carbocycles. The zero-order chi connectivity index (χ0) is 16.5. The van der Waals surface area contributed by atoms with E-state index >= 15 is 0 Å². The van der Waals surface area contributed by atoms with Crippen molar-refractivity contribution in [3.8, 4) is 11.5 Å². The Morgan fingerprint density at radius 2 is 2.00 bits per heavy atom. The quantitative estimate of drug-likeness (QED) is 0.549. The average Bonchev–Trinajstić information content (AvgIpc) is 2.50. The van der Waals surface area contributed by atoms with E-state index in [1.54, 1.807) is 18.2 Å². The normalized spacial score (nSPS) is 10.0. The minimum atomic E-state index is -0.310. The lowest BCUT2D eigenvalue weighted by Gasteiger charge is -2.15. The molecule has 122 valence electrons. The second kappa shape index (κ2) is 9.09. The van der Waals surface area contributed by atoms with Crippen LogP contribution in [0, 0.1) is 0 Å². The van der Waals surface area contributed by atoms with Crippen molar-refractivity contribution < 1.29 is 14.3 Å². The van der Waals surface area contributed by atoms with Gasteiger partial charge in [0, 0.05) is 12.1 Å². The van der Waals surface area contributed by atoms with E-state index in [0.717, 1.165) is 13.0 Å². The third-order valence-corrected chi connectivity index (χ3v) is 2.86. The van der Waals surface area contributed by atoms with Gasteiger partial charge in [-0.1, -0.05) is 6.92 Å². The lowest BCUT2D eigenvalue weighted by Crippen LogP contribution is -2.46. The first-order valence-corrected chi connectivity index (χ1v) is 7.57. The lowest BCUT2D eigenvalue weighted by atomic mass is 10.2. The van der Waals surface area contributed by atoms with Gasteiger partial charge in [0.25, 0.3) is 5.91 Å².